The summed E-state index contributed by atoms with van der Waals surface area (Å²) >= 11 is 0. The van der Waals surface area contributed by atoms with Gasteiger partial charge >= 0.3 is 0 Å². The number of nitrogens with zero attached hydrogens (tertiary/aromatic N) is 3. The third-order valence-electron chi connectivity index (χ3n) is 4.45. The number of carbonyl (C=O) groups excluding carboxylic acids is 2. The van der Waals surface area contributed by atoms with E-state index in [2.05, 4.69) is 15.5 Å². The molecule has 0 aliphatic carbocycles. The molecule has 1 aliphatic rings. The number of hydrogen-bond donors (Lipinski definition) is 2. The van der Waals surface area contributed by atoms with Crippen LogP contribution in [0.3, 0.4) is 0 Å². The van der Waals surface area contributed by atoms with Gasteiger partial charge in [0.2, 0.25) is 5.82 Å². The van der Waals surface area contributed by atoms with Crippen LogP contribution in [-0.4, -0.2) is 45.1 Å². The zero-order valence-corrected chi connectivity index (χ0v) is 15.6. The van der Waals surface area contributed by atoms with Crippen LogP contribution in [0.4, 0.5) is 5.69 Å². The summed E-state index contributed by atoms with van der Waals surface area (Å²) in [5.41, 5.74) is 3.51. The Morgan fingerprint density at radius 3 is 2.62 bits per heavy atom. The molecular weight excluding hydrogens is 372 g/mol. The van der Waals surface area contributed by atoms with Gasteiger partial charge in [-0.15, -0.1) is 0 Å². The lowest BCUT2D eigenvalue weighted by Gasteiger charge is -2.13. The quantitative estimate of drug-likeness (QED) is 0.622. The van der Waals surface area contributed by atoms with Crippen molar-refractivity contribution in [3.63, 3.8) is 0 Å². The van der Waals surface area contributed by atoms with Crippen LogP contribution >= 0.6 is 0 Å². The fraction of sp³-hybridized carbons (Fsp3) is 0.143. The third-order valence-corrected chi connectivity index (χ3v) is 4.45. The number of aliphatic hydroxyl groups excluding tert-OH is 1. The minimum atomic E-state index is -0.465. The van der Waals surface area contributed by atoms with Crippen LogP contribution in [0.1, 0.15) is 5.56 Å². The van der Waals surface area contributed by atoms with E-state index in [0.717, 1.165) is 21.6 Å². The number of rotatable bonds is 6. The van der Waals surface area contributed by atoms with Crippen LogP contribution in [0.25, 0.3) is 22.8 Å². The molecule has 0 saturated carbocycles. The van der Waals surface area contributed by atoms with E-state index < -0.39 is 11.8 Å². The molecule has 1 aliphatic heterocycles. The van der Waals surface area contributed by atoms with Gasteiger partial charge < -0.3 is 14.9 Å². The molecule has 8 nitrogen and oxygen atoms in total. The summed E-state index contributed by atoms with van der Waals surface area (Å²) in [5, 5.41) is 15.9. The Balaban J connectivity index is 1.48. The van der Waals surface area contributed by atoms with Crippen LogP contribution in [-0.2, 0) is 9.59 Å². The predicted molar refractivity (Wildman–Crippen MR) is 105 cm³/mol. The predicted octanol–water partition coefficient (Wildman–Crippen LogP) is 2.37. The minimum Gasteiger partial charge on any atom is -0.395 e. The maximum Gasteiger partial charge on any atom is 0.277 e. The maximum absolute atomic E-state index is 12.2. The highest BCUT2D eigenvalue weighted by molar-refractivity contribution is 6.17. The van der Waals surface area contributed by atoms with E-state index in [1.54, 1.807) is 24.3 Å². The van der Waals surface area contributed by atoms with Crippen molar-refractivity contribution in [3.05, 3.63) is 65.9 Å². The molecule has 1 aromatic heterocycles. The molecule has 0 radical (unpaired) electrons. The second-order valence-corrected chi connectivity index (χ2v) is 6.57. The molecule has 0 unspecified atom stereocenters. The van der Waals surface area contributed by atoms with Crippen LogP contribution < -0.4 is 5.32 Å². The standard InChI is InChI=1S/C21H18N4O4/c1-13-3-2-4-15(11-13)19-23-20(29-24-19)14-5-7-16(8-6-14)22-17-12-18(27)25(9-10-26)21(17)28/h2-8,11-12,22,26H,9-10H2,1H3. The van der Waals surface area contributed by atoms with E-state index in [4.69, 9.17) is 9.63 Å². The van der Waals surface area contributed by atoms with E-state index >= 15 is 0 Å². The lowest BCUT2D eigenvalue weighted by atomic mass is 10.1. The molecule has 29 heavy (non-hydrogen) atoms. The van der Waals surface area contributed by atoms with Crippen molar-refractivity contribution in [2.75, 3.05) is 18.5 Å². The lowest BCUT2D eigenvalue weighted by Crippen LogP contribution is -2.34. The number of carbonyl (C=O) groups is 2. The Kier molecular flexibility index (Phi) is 4.92. The zero-order valence-electron chi connectivity index (χ0n) is 15.6. The topological polar surface area (TPSA) is 109 Å². The fourth-order valence-electron chi connectivity index (χ4n) is 3.00. The summed E-state index contributed by atoms with van der Waals surface area (Å²) in [5.74, 6) is -0.0193. The van der Waals surface area contributed by atoms with Crippen molar-refractivity contribution in [2.24, 2.45) is 0 Å². The number of nitrogens with one attached hydrogen (secondary N) is 1. The molecule has 0 atom stereocenters. The van der Waals surface area contributed by atoms with Gasteiger partial charge in [-0.1, -0.05) is 28.9 Å². The summed E-state index contributed by atoms with van der Waals surface area (Å²) in [6.07, 6.45) is 1.22. The van der Waals surface area contributed by atoms with E-state index in [1.807, 2.05) is 31.2 Å². The van der Waals surface area contributed by atoms with Gasteiger partial charge in [0.25, 0.3) is 17.7 Å². The molecular formula is C21H18N4O4. The third kappa shape index (κ3) is 3.78. The van der Waals surface area contributed by atoms with Gasteiger partial charge in [0.1, 0.15) is 5.70 Å². The highest BCUT2D eigenvalue weighted by Gasteiger charge is 2.30. The molecule has 8 heteroatoms. The molecule has 3 aromatic rings. The molecule has 0 spiro atoms. The number of amides is 2. The Morgan fingerprint density at radius 1 is 1.10 bits per heavy atom. The number of aryl methyl sites for hydroxylation is 1. The number of aromatic nitrogens is 2. The second-order valence-electron chi connectivity index (χ2n) is 6.57. The highest BCUT2D eigenvalue weighted by atomic mass is 16.5. The Bertz CT molecular complexity index is 1100. The van der Waals surface area contributed by atoms with Crippen LogP contribution in [0.15, 0.2) is 64.8 Å². The second kappa shape index (κ2) is 7.69. The van der Waals surface area contributed by atoms with E-state index in [0.29, 0.717) is 17.4 Å². The van der Waals surface area contributed by atoms with Crippen molar-refractivity contribution < 1.29 is 19.2 Å². The molecule has 2 N–H and O–H groups in total. The largest absolute Gasteiger partial charge is 0.395 e. The van der Waals surface area contributed by atoms with Gasteiger partial charge in [-0.05, 0) is 37.3 Å². The van der Waals surface area contributed by atoms with Crippen molar-refractivity contribution in [1.82, 2.24) is 15.0 Å². The Morgan fingerprint density at radius 2 is 1.90 bits per heavy atom. The number of imide groups is 1. The average molecular weight is 390 g/mol. The SMILES string of the molecule is Cc1cccc(-c2noc(-c3ccc(NC4=CC(=O)N(CCO)C4=O)cc3)n2)c1. The summed E-state index contributed by atoms with van der Waals surface area (Å²) in [6, 6.07) is 14.9. The van der Waals surface area contributed by atoms with Gasteiger partial charge in [-0.3, -0.25) is 14.5 Å². The normalized spacial score (nSPS) is 13.7. The lowest BCUT2D eigenvalue weighted by molar-refractivity contribution is -0.137. The average Bonchev–Trinajstić information content (AvgIpc) is 3.30. The summed E-state index contributed by atoms with van der Waals surface area (Å²) in [4.78, 5) is 29.4. The van der Waals surface area contributed by atoms with E-state index in [9.17, 15) is 9.59 Å². The Hall–Kier alpha value is -3.78. The molecule has 0 bridgehead atoms. The molecule has 0 fully saturated rings. The van der Waals surface area contributed by atoms with Crippen LogP contribution in [0, 0.1) is 6.92 Å². The number of aliphatic hydroxyl groups is 1. The van der Waals surface area contributed by atoms with Gasteiger partial charge in [0.15, 0.2) is 0 Å². The molecule has 4 rings (SSSR count). The molecule has 2 heterocycles. The van der Waals surface area contributed by atoms with Gasteiger partial charge in [-0.25, -0.2) is 0 Å². The van der Waals surface area contributed by atoms with Gasteiger partial charge in [0, 0.05) is 22.9 Å². The van der Waals surface area contributed by atoms with Crippen molar-refractivity contribution in [3.8, 4) is 22.8 Å². The molecule has 2 amide bonds. The fourth-order valence-corrected chi connectivity index (χ4v) is 3.00. The number of anilines is 1. The monoisotopic (exact) mass is 390 g/mol. The number of β-amino-alcohol motifs (C(OH)–C–C–N with tert-alkyl or cyclic N) is 1. The summed E-state index contributed by atoms with van der Waals surface area (Å²) in [7, 11) is 0. The van der Waals surface area contributed by atoms with Crippen LogP contribution in [0.2, 0.25) is 0 Å². The first-order valence-electron chi connectivity index (χ1n) is 9.02. The van der Waals surface area contributed by atoms with E-state index in [1.165, 1.54) is 6.08 Å². The summed E-state index contributed by atoms with van der Waals surface area (Å²) in [6.45, 7) is 1.69. The first kappa shape index (κ1) is 18.6. The highest BCUT2D eigenvalue weighted by Crippen LogP contribution is 2.25. The van der Waals surface area contributed by atoms with E-state index in [-0.39, 0.29) is 18.8 Å². The molecule has 2 aromatic carbocycles. The Labute approximate surface area is 166 Å². The first-order chi connectivity index (χ1) is 14.0. The van der Waals surface area contributed by atoms with Crippen LogP contribution in [0.5, 0.6) is 0 Å². The zero-order chi connectivity index (χ0) is 20.4. The maximum atomic E-state index is 12.2. The van der Waals surface area contributed by atoms with Gasteiger partial charge in [0.05, 0.1) is 13.2 Å². The van der Waals surface area contributed by atoms with Crippen molar-refractivity contribution >= 4 is 17.5 Å². The van der Waals surface area contributed by atoms with Crippen molar-refractivity contribution in [1.29, 1.82) is 0 Å². The first-order valence-corrected chi connectivity index (χ1v) is 9.02. The molecule has 0 saturated heterocycles. The smallest absolute Gasteiger partial charge is 0.277 e. The number of benzene rings is 2. The minimum absolute atomic E-state index is 0.0290. The van der Waals surface area contributed by atoms with Crippen molar-refractivity contribution in [2.45, 2.75) is 6.92 Å². The summed E-state index contributed by atoms with van der Waals surface area (Å²) < 4.78 is 5.37. The molecule has 146 valence electrons. The number of hydrogen-bond acceptors (Lipinski definition) is 7. The van der Waals surface area contributed by atoms with Gasteiger partial charge in [-0.2, -0.15) is 4.98 Å².